The Hall–Kier alpha value is -1.94. The van der Waals surface area contributed by atoms with Gasteiger partial charge in [-0.15, -0.1) is 0 Å². The minimum Gasteiger partial charge on any atom is -0.373 e. The van der Waals surface area contributed by atoms with E-state index in [1.165, 1.54) is 5.56 Å². The van der Waals surface area contributed by atoms with Crippen molar-refractivity contribution in [1.82, 2.24) is 9.97 Å². The largest absolute Gasteiger partial charge is 0.373 e. The summed E-state index contributed by atoms with van der Waals surface area (Å²) in [5.74, 6) is 0. The van der Waals surface area contributed by atoms with Gasteiger partial charge in [-0.3, -0.25) is 9.97 Å². The lowest BCUT2D eigenvalue weighted by molar-refractivity contribution is 0.675. The van der Waals surface area contributed by atoms with Crippen molar-refractivity contribution in [2.75, 3.05) is 18.5 Å². The van der Waals surface area contributed by atoms with Crippen LogP contribution in [-0.2, 0) is 6.42 Å². The lowest BCUT2D eigenvalue weighted by Gasteiger charge is -2.19. The molecule has 0 fully saturated rings. The molecule has 0 amide bonds. The first kappa shape index (κ1) is 14.5. The van der Waals surface area contributed by atoms with Crippen molar-refractivity contribution in [3.05, 3.63) is 54.1 Å². The maximum atomic E-state index is 5.97. The number of aromatic nitrogens is 2. The zero-order valence-corrected chi connectivity index (χ0v) is 12.2. The Morgan fingerprint density at radius 2 is 1.95 bits per heavy atom. The zero-order valence-electron chi connectivity index (χ0n) is 12.2. The van der Waals surface area contributed by atoms with Crippen LogP contribution >= 0.6 is 0 Å². The van der Waals surface area contributed by atoms with Crippen molar-refractivity contribution in [1.29, 1.82) is 0 Å². The number of hydrogen-bond donors (Lipinski definition) is 1. The molecule has 0 aliphatic heterocycles. The third-order valence-corrected chi connectivity index (χ3v) is 3.52. The van der Waals surface area contributed by atoms with Crippen LogP contribution < -0.4 is 10.6 Å². The number of pyridine rings is 2. The van der Waals surface area contributed by atoms with Gasteiger partial charge in [-0.05, 0) is 42.7 Å². The molecule has 0 saturated carbocycles. The van der Waals surface area contributed by atoms with Crippen LogP contribution in [0, 0.1) is 0 Å². The Kier molecular flexibility index (Phi) is 5.07. The summed E-state index contributed by atoms with van der Waals surface area (Å²) in [5, 5.41) is 0. The van der Waals surface area contributed by atoms with Gasteiger partial charge in [0.15, 0.2) is 0 Å². The molecule has 0 bridgehead atoms. The van der Waals surface area contributed by atoms with E-state index < -0.39 is 0 Å². The normalized spacial score (nSPS) is 12.2. The summed E-state index contributed by atoms with van der Waals surface area (Å²) in [6.45, 7) is 3.02. The van der Waals surface area contributed by atoms with Crippen molar-refractivity contribution in [3.63, 3.8) is 0 Å². The number of rotatable bonds is 6. The minimum absolute atomic E-state index is 0.0335. The molecule has 2 rings (SSSR count). The molecule has 106 valence electrons. The Morgan fingerprint density at radius 3 is 2.55 bits per heavy atom. The number of nitrogens with zero attached hydrogens (tertiary/aromatic N) is 3. The monoisotopic (exact) mass is 270 g/mol. The van der Waals surface area contributed by atoms with Crippen LogP contribution in [0.3, 0.4) is 0 Å². The van der Waals surface area contributed by atoms with Crippen molar-refractivity contribution < 1.29 is 0 Å². The molecule has 0 radical (unpaired) electrons. The van der Waals surface area contributed by atoms with Crippen molar-refractivity contribution >= 4 is 5.69 Å². The van der Waals surface area contributed by atoms with Crippen LogP contribution in [0.2, 0.25) is 0 Å². The molecule has 1 unspecified atom stereocenters. The van der Waals surface area contributed by atoms with Gasteiger partial charge >= 0.3 is 0 Å². The minimum atomic E-state index is 0.0335. The molecule has 0 aromatic carbocycles. The lowest BCUT2D eigenvalue weighted by Crippen LogP contribution is -2.21. The van der Waals surface area contributed by atoms with Crippen LogP contribution in [0.1, 0.15) is 30.6 Å². The molecule has 2 aromatic rings. The summed E-state index contributed by atoms with van der Waals surface area (Å²) in [6.07, 6.45) is 7.46. The van der Waals surface area contributed by atoms with E-state index in [0.29, 0.717) is 0 Å². The Morgan fingerprint density at radius 1 is 1.20 bits per heavy atom. The molecule has 0 spiro atoms. The highest BCUT2D eigenvalue weighted by Crippen LogP contribution is 2.16. The third kappa shape index (κ3) is 3.78. The van der Waals surface area contributed by atoms with E-state index >= 15 is 0 Å². The quantitative estimate of drug-likeness (QED) is 0.876. The van der Waals surface area contributed by atoms with Gasteiger partial charge in [-0.2, -0.15) is 0 Å². The van der Waals surface area contributed by atoms with Crippen molar-refractivity contribution in [3.8, 4) is 0 Å². The molecule has 2 N–H and O–H groups in total. The summed E-state index contributed by atoms with van der Waals surface area (Å²) in [7, 11) is 2.08. The van der Waals surface area contributed by atoms with Crippen LogP contribution in [0.5, 0.6) is 0 Å². The first-order valence-corrected chi connectivity index (χ1v) is 7.02. The van der Waals surface area contributed by atoms with Crippen molar-refractivity contribution in [2.45, 2.75) is 25.8 Å². The van der Waals surface area contributed by atoms with Gasteiger partial charge in [0.25, 0.3) is 0 Å². The van der Waals surface area contributed by atoms with Gasteiger partial charge in [0.1, 0.15) is 0 Å². The standard InChI is InChI=1S/C16H22N4/c1-3-15(17)16-5-4-14(12-19-16)20(2)11-8-13-6-9-18-10-7-13/h4-7,9-10,12,15H,3,8,11,17H2,1-2H3. The van der Waals surface area contributed by atoms with Crippen LogP contribution in [-0.4, -0.2) is 23.6 Å². The molecule has 0 aliphatic carbocycles. The van der Waals surface area contributed by atoms with Gasteiger partial charge in [0, 0.05) is 32.0 Å². The highest BCUT2D eigenvalue weighted by atomic mass is 15.1. The maximum absolute atomic E-state index is 5.97. The molecular weight excluding hydrogens is 248 g/mol. The Balaban J connectivity index is 1.94. The number of likely N-dealkylation sites (N-methyl/N-ethyl adjacent to an activating group) is 1. The van der Waals surface area contributed by atoms with E-state index in [4.69, 9.17) is 5.73 Å². The number of hydrogen-bond acceptors (Lipinski definition) is 4. The van der Waals surface area contributed by atoms with E-state index in [2.05, 4.69) is 47.0 Å². The summed E-state index contributed by atoms with van der Waals surface area (Å²) in [5.41, 5.74) is 9.34. The summed E-state index contributed by atoms with van der Waals surface area (Å²) < 4.78 is 0. The van der Waals surface area contributed by atoms with E-state index in [1.807, 2.05) is 24.7 Å². The SMILES string of the molecule is CCC(N)c1ccc(N(C)CCc2ccncc2)cn1. The van der Waals surface area contributed by atoms with E-state index in [1.54, 1.807) is 0 Å². The summed E-state index contributed by atoms with van der Waals surface area (Å²) >= 11 is 0. The zero-order chi connectivity index (χ0) is 14.4. The van der Waals surface area contributed by atoms with E-state index in [-0.39, 0.29) is 6.04 Å². The highest BCUT2D eigenvalue weighted by molar-refractivity contribution is 5.44. The predicted octanol–water partition coefficient (Wildman–Crippen LogP) is 2.57. The molecule has 4 heteroatoms. The first-order chi connectivity index (χ1) is 9.70. The third-order valence-electron chi connectivity index (χ3n) is 3.52. The van der Waals surface area contributed by atoms with Crippen LogP contribution in [0.25, 0.3) is 0 Å². The van der Waals surface area contributed by atoms with Gasteiger partial charge in [0.2, 0.25) is 0 Å². The smallest absolute Gasteiger partial charge is 0.0572 e. The molecule has 4 nitrogen and oxygen atoms in total. The fourth-order valence-electron chi connectivity index (χ4n) is 2.03. The van der Waals surface area contributed by atoms with Gasteiger partial charge in [0.05, 0.1) is 17.6 Å². The molecule has 2 heterocycles. The Labute approximate surface area is 120 Å². The van der Waals surface area contributed by atoms with Crippen LogP contribution in [0.4, 0.5) is 5.69 Å². The van der Waals surface area contributed by atoms with Gasteiger partial charge in [-0.25, -0.2) is 0 Å². The topological polar surface area (TPSA) is 55.0 Å². The number of anilines is 1. The molecule has 1 atom stereocenters. The maximum Gasteiger partial charge on any atom is 0.0572 e. The first-order valence-electron chi connectivity index (χ1n) is 7.02. The average Bonchev–Trinajstić information content (AvgIpc) is 2.53. The number of nitrogens with two attached hydrogens (primary N) is 1. The highest BCUT2D eigenvalue weighted by Gasteiger charge is 2.06. The summed E-state index contributed by atoms with van der Waals surface area (Å²) in [4.78, 5) is 10.7. The molecule has 2 aromatic heterocycles. The molecule has 0 saturated heterocycles. The molecular formula is C16H22N4. The lowest BCUT2D eigenvalue weighted by atomic mass is 10.1. The van der Waals surface area contributed by atoms with Gasteiger partial charge < -0.3 is 10.6 Å². The fourth-order valence-corrected chi connectivity index (χ4v) is 2.03. The molecule has 20 heavy (non-hydrogen) atoms. The average molecular weight is 270 g/mol. The second kappa shape index (κ2) is 7.01. The summed E-state index contributed by atoms with van der Waals surface area (Å²) in [6, 6.07) is 8.24. The molecule has 0 aliphatic rings. The second-order valence-corrected chi connectivity index (χ2v) is 4.98. The van der Waals surface area contributed by atoms with Crippen molar-refractivity contribution in [2.24, 2.45) is 5.73 Å². The second-order valence-electron chi connectivity index (χ2n) is 4.98. The van der Waals surface area contributed by atoms with Gasteiger partial charge in [-0.1, -0.05) is 6.92 Å². The Bertz CT molecular complexity index is 510. The fraction of sp³-hybridized carbons (Fsp3) is 0.375. The predicted molar refractivity (Wildman–Crippen MR) is 82.7 cm³/mol. The van der Waals surface area contributed by atoms with E-state index in [0.717, 1.165) is 30.8 Å². The van der Waals surface area contributed by atoms with E-state index in [9.17, 15) is 0 Å². The van der Waals surface area contributed by atoms with Crippen LogP contribution in [0.15, 0.2) is 42.9 Å².